The molecule has 0 saturated heterocycles. The molecule has 82 valence electrons. The van der Waals surface area contributed by atoms with E-state index in [1.54, 1.807) is 12.3 Å². The van der Waals surface area contributed by atoms with Gasteiger partial charge < -0.3 is 10.4 Å². The molecule has 0 saturated carbocycles. The third kappa shape index (κ3) is 1.65. The molecule has 0 bridgehead atoms. The van der Waals surface area contributed by atoms with Crippen LogP contribution in [0.15, 0.2) is 47.3 Å². The van der Waals surface area contributed by atoms with Crippen molar-refractivity contribution in [1.82, 2.24) is 0 Å². The number of aliphatic hydroxyl groups is 1. The van der Waals surface area contributed by atoms with Crippen LogP contribution in [0, 0.1) is 5.82 Å². The zero-order valence-electron chi connectivity index (χ0n) is 8.35. The first-order valence-electron chi connectivity index (χ1n) is 4.54. The van der Waals surface area contributed by atoms with Gasteiger partial charge in [-0.05, 0) is 33.6 Å². The molecule has 1 aliphatic heterocycles. The molecular formula is C12H9BrFNO. The summed E-state index contributed by atoms with van der Waals surface area (Å²) < 4.78 is 13.6. The van der Waals surface area contributed by atoms with Crippen LogP contribution in [-0.4, -0.2) is 5.11 Å². The van der Waals surface area contributed by atoms with Crippen molar-refractivity contribution in [3.63, 3.8) is 0 Å². The minimum Gasteiger partial charge on any atom is -0.508 e. The molecule has 0 atom stereocenters. The van der Waals surface area contributed by atoms with Gasteiger partial charge in [0.05, 0.1) is 4.47 Å². The van der Waals surface area contributed by atoms with Gasteiger partial charge >= 0.3 is 0 Å². The first-order valence-corrected chi connectivity index (χ1v) is 5.33. The van der Waals surface area contributed by atoms with Crippen molar-refractivity contribution in [2.24, 2.45) is 0 Å². The van der Waals surface area contributed by atoms with Gasteiger partial charge in [-0.25, -0.2) is 4.39 Å². The summed E-state index contributed by atoms with van der Waals surface area (Å²) in [5.41, 5.74) is 2.49. The normalized spacial score (nSPS) is 13.9. The van der Waals surface area contributed by atoms with Crippen molar-refractivity contribution in [3.05, 3.63) is 58.7 Å². The molecule has 1 aromatic carbocycles. The van der Waals surface area contributed by atoms with Crippen LogP contribution < -0.4 is 5.32 Å². The predicted molar refractivity (Wildman–Crippen MR) is 66.6 cm³/mol. The van der Waals surface area contributed by atoms with E-state index in [0.717, 1.165) is 5.56 Å². The maximum atomic E-state index is 13.3. The monoisotopic (exact) mass is 281 g/mol. The molecule has 2 N–H and O–H groups in total. The summed E-state index contributed by atoms with van der Waals surface area (Å²) in [6, 6.07) is 2.99. The van der Waals surface area contributed by atoms with Crippen molar-refractivity contribution < 1.29 is 9.50 Å². The van der Waals surface area contributed by atoms with Crippen molar-refractivity contribution in [2.45, 2.75) is 0 Å². The Labute approximate surface area is 101 Å². The minimum atomic E-state index is -0.348. The Balaban J connectivity index is 2.55. The quantitative estimate of drug-likeness (QED) is 0.763. The molecule has 1 aliphatic rings. The third-order valence-corrected chi connectivity index (χ3v) is 3.00. The van der Waals surface area contributed by atoms with Crippen LogP contribution in [0.3, 0.4) is 0 Å². The van der Waals surface area contributed by atoms with Crippen LogP contribution >= 0.6 is 15.9 Å². The molecule has 2 nitrogen and oxygen atoms in total. The summed E-state index contributed by atoms with van der Waals surface area (Å²) in [6.45, 7) is 7.30. The highest BCUT2D eigenvalue weighted by molar-refractivity contribution is 9.10. The van der Waals surface area contributed by atoms with E-state index in [9.17, 15) is 9.50 Å². The fraction of sp³-hybridized carbons (Fsp3) is 0. The lowest BCUT2D eigenvalue weighted by Crippen LogP contribution is -2.06. The van der Waals surface area contributed by atoms with Gasteiger partial charge in [-0.1, -0.05) is 13.2 Å². The summed E-state index contributed by atoms with van der Waals surface area (Å²) in [6.07, 6.45) is 1.56. The number of benzene rings is 1. The third-order valence-electron chi connectivity index (χ3n) is 2.39. The summed E-state index contributed by atoms with van der Waals surface area (Å²) >= 11 is 3.11. The second-order valence-corrected chi connectivity index (χ2v) is 4.29. The van der Waals surface area contributed by atoms with E-state index >= 15 is 0 Å². The van der Waals surface area contributed by atoms with Crippen LogP contribution in [0.2, 0.25) is 0 Å². The molecule has 0 aromatic heterocycles. The molecule has 16 heavy (non-hydrogen) atoms. The van der Waals surface area contributed by atoms with Gasteiger partial charge in [0, 0.05) is 23.0 Å². The lowest BCUT2D eigenvalue weighted by atomic mass is 9.95. The zero-order chi connectivity index (χ0) is 11.9. The molecule has 0 aliphatic carbocycles. The van der Waals surface area contributed by atoms with Crippen molar-refractivity contribution in [1.29, 1.82) is 0 Å². The molecule has 2 rings (SSSR count). The number of hydrogen-bond acceptors (Lipinski definition) is 2. The Morgan fingerprint density at radius 3 is 2.75 bits per heavy atom. The van der Waals surface area contributed by atoms with Crippen LogP contribution in [-0.2, 0) is 0 Å². The second-order valence-electron chi connectivity index (χ2n) is 3.44. The molecule has 0 unspecified atom stereocenters. The number of fused-ring (bicyclic) bond motifs is 1. The number of allylic oxidation sites excluding steroid dienone is 1. The average Bonchev–Trinajstić information content (AvgIpc) is 2.21. The van der Waals surface area contributed by atoms with Gasteiger partial charge in [0.25, 0.3) is 0 Å². The molecule has 4 heteroatoms. The maximum Gasteiger partial charge on any atom is 0.139 e. The van der Waals surface area contributed by atoms with Crippen LogP contribution in [0.5, 0.6) is 0 Å². The fourth-order valence-corrected chi connectivity index (χ4v) is 1.90. The SMILES string of the molecule is C=C(O)C1=CNc2cc(F)c(Br)cc2C1=C. The molecule has 1 heterocycles. The molecular weight excluding hydrogens is 273 g/mol. The van der Waals surface area contributed by atoms with Gasteiger partial charge in [0.15, 0.2) is 0 Å². The second kappa shape index (κ2) is 3.79. The van der Waals surface area contributed by atoms with E-state index < -0.39 is 0 Å². The molecule has 0 amide bonds. The van der Waals surface area contributed by atoms with Crippen LogP contribution in [0.1, 0.15) is 5.56 Å². The number of hydrogen-bond donors (Lipinski definition) is 2. The average molecular weight is 282 g/mol. The summed E-state index contributed by atoms with van der Waals surface area (Å²) in [7, 11) is 0. The van der Waals surface area contributed by atoms with E-state index in [1.165, 1.54) is 6.07 Å². The van der Waals surface area contributed by atoms with Crippen molar-refractivity contribution in [3.8, 4) is 0 Å². The highest BCUT2D eigenvalue weighted by atomic mass is 79.9. The number of nitrogens with one attached hydrogen (secondary N) is 1. The Morgan fingerprint density at radius 2 is 2.12 bits per heavy atom. The topological polar surface area (TPSA) is 32.3 Å². The van der Waals surface area contributed by atoms with E-state index in [2.05, 4.69) is 34.4 Å². The molecule has 0 fully saturated rings. The number of aliphatic hydroxyl groups excluding tert-OH is 1. The Kier molecular flexibility index (Phi) is 2.59. The number of anilines is 1. The Hall–Kier alpha value is -1.55. The summed E-state index contributed by atoms with van der Waals surface area (Å²) in [5, 5.41) is 12.2. The summed E-state index contributed by atoms with van der Waals surface area (Å²) in [4.78, 5) is 0. The lowest BCUT2D eigenvalue weighted by Gasteiger charge is -2.20. The van der Waals surface area contributed by atoms with E-state index in [4.69, 9.17) is 0 Å². The van der Waals surface area contributed by atoms with Gasteiger partial charge in [0.2, 0.25) is 0 Å². The zero-order valence-corrected chi connectivity index (χ0v) is 9.94. The molecule has 1 aromatic rings. The summed E-state index contributed by atoms with van der Waals surface area (Å²) in [5.74, 6) is -0.415. The highest BCUT2D eigenvalue weighted by Crippen LogP contribution is 2.37. The number of rotatable bonds is 1. The molecule has 0 spiro atoms. The first-order chi connectivity index (χ1) is 7.50. The maximum absolute atomic E-state index is 13.3. The Morgan fingerprint density at radius 1 is 1.44 bits per heavy atom. The van der Waals surface area contributed by atoms with Crippen LogP contribution in [0.4, 0.5) is 10.1 Å². The fourth-order valence-electron chi connectivity index (χ4n) is 1.56. The minimum absolute atomic E-state index is 0.0661. The number of halogens is 2. The van der Waals surface area contributed by atoms with E-state index in [0.29, 0.717) is 21.3 Å². The lowest BCUT2D eigenvalue weighted by molar-refractivity contribution is 0.430. The largest absolute Gasteiger partial charge is 0.508 e. The Bertz CT molecular complexity index is 534. The van der Waals surface area contributed by atoms with Crippen molar-refractivity contribution >= 4 is 27.2 Å². The van der Waals surface area contributed by atoms with E-state index in [-0.39, 0.29) is 11.6 Å². The van der Waals surface area contributed by atoms with Gasteiger partial charge in [-0.3, -0.25) is 0 Å². The highest BCUT2D eigenvalue weighted by Gasteiger charge is 2.18. The standard InChI is InChI=1S/C12H9BrFNO/c1-6-8-3-10(13)11(14)4-12(8)15-5-9(6)7(2)16/h3-5,15-16H,1-2H2. The van der Waals surface area contributed by atoms with E-state index in [1.807, 2.05) is 0 Å². The van der Waals surface area contributed by atoms with Crippen molar-refractivity contribution in [2.75, 3.05) is 5.32 Å². The van der Waals surface area contributed by atoms with Gasteiger partial charge in [-0.15, -0.1) is 0 Å². The molecule has 0 radical (unpaired) electrons. The van der Waals surface area contributed by atoms with Gasteiger partial charge in [-0.2, -0.15) is 0 Å². The first kappa shape index (κ1) is 11.0. The smallest absolute Gasteiger partial charge is 0.139 e. The van der Waals surface area contributed by atoms with Gasteiger partial charge in [0.1, 0.15) is 11.6 Å². The van der Waals surface area contributed by atoms with Crippen LogP contribution in [0.25, 0.3) is 5.57 Å². The predicted octanol–water partition coefficient (Wildman–Crippen LogP) is 3.98.